The van der Waals surface area contributed by atoms with Gasteiger partial charge in [0.25, 0.3) is 11.8 Å². The minimum absolute atomic E-state index is 0.0423. The lowest BCUT2D eigenvalue weighted by Gasteiger charge is -2.17. The molecule has 24 heavy (non-hydrogen) atoms. The topological polar surface area (TPSA) is 104 Å². The van der Waals surface area contributed by atoms with Gasteiger partial charge in [-0.25, -0.2) is 4.90 Å². The first-order chi connectivity index (χ1) is 11.4. The Morgan fingerprint density at radius 3 is 2.33 bits per heavy atom. The molecule has 0 fully saturated rings. The van der Waals surface area contributed by atoms with Gasteiger partial charge in [0.15, 0.2) is 5.75 Å². The molecule has 1 aliphatic heterocycles. The molecule has 0 saturated carbocycles. The molecule has 0 bridgehead atoms. The van der Waals surface area contributed by atoms with Crippen LogP contribution in [0.25, 0.3) is 0 Å². The summed E-state index contributed by atoms with van der Waals surface area (Å²) in [6.45, 7) is 1.20. The zero-order valence-electron chi connectivity index (χ0n) is 12.4. The van der Waals surface area contributed by atoms with Gasteiger partial charge in [0.05, 0.1) is 22.8 Å². The molecule has 120 valence electrons. The van der Waals surface area contributed by atoms with E-state index in [2.05, 4.69) is 0 Å². The van der Waals surface area contributed by atoms with E-state index in [-0.39, 0.29) is 28.1 Å². The number of carbonyl (C=O) groups excluding carboxylic acids is 4. The van der Waals surface area contributed by atoms with Gasteiger partial charge in [-0.3, -0.25) is 14.4 Å². The summed E-state index contributed by atoms with van der Waals surface area (Å²) in [5.74, 6) is -3.31. The molecule has 1 heterocycles. The number of carbonyl (C=O) groups is 4. The number of ether oxygens (including phenoxy) is 1. The summed E-state index contributed by atoms with van der Waals surface area (Å²) in [7, 11) is 0. The highest BCUT2D eigenvalue weighted by molar-refractivity contribution is 6.35. The standard InChI is InChI=1S/C17H11NO6/c1-9(19)24-14-5-3-2-4-13(14)18-15(20)11-7-6-10(17(22)23)8-12(11)16(18)21/h2-8H,1H3,(H,22,23)/p-1. The highest BCUT2D eigenvalue weighted by Crippen LogP contribution is 2.35. The van der Waals surface area contributed by atoms with E-state index < -0.39 is 23.8 Å². The number of anilines is 1. The van der Waals surface area contributed by atoms with Crippen LogP contribution < -0.4 is 14.7 Å². The number of amides is 2. The van der Waals surface area contributed by atoms with Crippen LogP contribution in [-0.2, 0) is 4.79 Å². The minimum Gasteiger partial charge on any atom is -0.545 e. The molecule has 0 atom stereocenters. The number of hydrogen-bond acceptors (Lipinski definition) is 6. The first kappa shape index (κ1) is 15.4. The number of rotatable bonds is 3. The van der Waals surface area contributed by atoms with E-state index in [1.54, 1.807) is 12.1 Å². The summed E-state index contributed by atoms with van der Waals surface area (Å²) >= 11 is 0. The number of fused-ring (bicyclic) bond motifs is 1. The molecule has 0 N–H and O–H groups in total. The van der Waals surface area contributed by atoms with Crippen LogP contribution in [0.2, 0.25) is 0 Å². The van der Waals surface area contributed by atoms with Gasteiger partial charge in [0.2, 0.25) is 0 Å². The molecule has 0 unspecified atom stereocenters. The predicted molar refractivity (Wildman–Crippen MR) is 79.7 cm³/mol. The number of imide groups is 1. The van der Waals surface area contributed by atoms with Crippen LogP contribution in [-0.4, -0.2) is 23.8 Å². The van der Waals surface area contributed by atoms with Crippen LogP contribution >= 0.6 is 0 Å². The fourth-order valence-corrected chi connectivity index (χ4v) is 2.47. The van der Waals surface area contributed by atoms with Crippen molar-refractivity contribution in [2.24, 2.45) is 0 Å². The molecule has 0 aliphatic carbocycles. The van der Waals surface area contributed by atoms with E-state index >= 15 is 0 Å². The second-order valence-corrected chi connectivity index (χ2v) is 5.05. The number of nitrogens with zero attached hydrogens (tertiary/aromatic N) is 1. The van der Waals surface area contributed by atoms with Gasteiger partial charge in [0.1, 0.15) is 0 Å². The minimum atomic E-state index is -1.45. The van der Waals surface area contributed by atoms with Crippen molar-refractivity contribution < 1.29 is 29.0 Å². The van der Waals surface area contributed by atoms with Crippen molar-refractivity contribution in [3.8, 4) is 5.75 Å². The summed E-state index contributed by atoms with van der Waals surface area (Å²) in [5, 5.41) is 10.9. The summed E-state index contributed by atoms with van der Waals surface area (Å²) in [6.07, 6.45) is 0. The molecule has 0 saturated heterocycles. The Balaban J connectivity index is 2.09. The van der Waals surface area contributed by atoms with Crippen LogP contribution in [0.1, 0.15) is 38.0 Å². The quantitative estimate of drug-likeness (QED) is 0.469. The lowest BCUT2D eigenvalue weighted by atomic mass is 10.1. The van der Waals surface area contributed by atoms with Crippen molar-refractivity contribution in [1.82, 2.24) is 0 Å². The number of carboxylic acid groups (broad SMARTS) is 1. The van der Waals surface area contributed by atoms with Crippen LogP contribution in [0.3, 0.4) is 0 Å². The molecule has 2 amide bonds. The average Bonchev–Trinajstić information content (AvgIpc) is 2.78. The van der Waals surface area contributed by atoms with Crippen molar-refractivity contribution in [1.29, 1.82) is 0 Å². The molecule has 0 spiro atoms. The highest BCUT2D eigenvalue weighted by Gasteiger charge is 2.38. The molecule has 7 heteroatoms. The zero-order valence-corrected chi connectivity index (χ0v) is 12.4. The second-order valence-electron chi connectivity index (χ2n) is 5.05. The molecule has 7 nitrogen and oxygen atoms in total. The van der Waals surface area contributed by atoms with Crippen molar-refractivity contribution >= 4 is 29.4 Å². The van der Waals surface area contributed by atoms with Crippen molar-refractivity contribution in [3.63, 3.8) is 0 Å². The molecule has 0 aromatic heterocycles. The van der Waals surface area contributed by atoms with Crippen molar-refractivity contribution in [3.05, 3.63) is 59.2 Å². The number of aromatic carboxylic acids is 1. The van der Waals surface area contributed by atoms with Crippen LogP contribution in [0.5, 0.6) is 5.75 Å². The summed E-state index contributed by atoms with van der Waals surface area (Å²) in [6, 6.07) is 9.63. The first-order valence-corrected chi connectivity index (χ1v) is 6.92. The van der Waals surface area contributed by atoms with Crippen molar-refractivity contribution in [2.45, 2.75) is 6.92 Å². The maximum atomic E-state index is 12.6. The van der Waals surface area contributed by atoms with Gasteiger partial charge in [-0.1, -0.05) is 18.2 Å². The van der Waals surface area contributed by atoms with E-state index in [0.717, 1.165) is 11.0 Å². The van der Waals surface area contributed by atoms with Gasteiger partial charge in [-0.2, -0.15) is 0 Å². The van der Waals surface area contributed by atoms with Crippen LogP contribution in [0, 0.1) is 0 Å². The molecule has 2 aromatic rings. The second kappa shape index (κ2) is 5.62. The Morgan fingerprint density at radius 2 is 1.67 bits per heavy atom. The SMILES string of the molecule is CC(=O)Oc1ccccc1N1C(=O)c2ccc(C(=O)[O-])cc2C1=O. The van der Waals surface area contributed by atoms with E-state index in [1.165, 1.54) is 31.2 Å². The number of benzene rings is 2. The van der Waals surface area contributed by atoms with Crippen LogP contribution in [0.4, 0.5) is 5.69 Å². The number of carboxylic acids is 1. The predicted octanol–water partition coefficient (Wildman–Crippen LogP) is 0.776. The fraction of sp³-hybridized carbons (Fsp3) is 0.0588. The fourth-order valence-electron chi connectivity index (χ4n) is 2.47. The monoisotopic (exact) mass is 324 g/mol. The Labute approximate surface area is 136 Å². The number of esters is 1. The summed E-state index contributed by atoms with van der Waals surface area (Å²) in [5.41, 5.74) is -0.0686. The molecule has 0 radical (unpaired) electrons. The van der Waals surface area contributed by atoms with E-state index in [0.29, 0.717) is 0 Å². The Bertz CT molecular complexity index is 902. The number of hydrogen-bond donors (Lipinski definition) is 0. The summed E-state index contributed by atoms with van der Waals surface area (Å²) < 4.78 is 5.03. The maximum Gasteiger partial charge on any atom is 0.308 e. The van der Waals surface area contributed by atoms with E-state index in [4.69, 9.17) is 4.74 Å². The molecule has 3 rings (SSSR count). The maximum absolute atomic E-state index is 12.6. The highest BCUT2D eigenvalue weighted by atomic mass is 16.5. The van der Waals surface area contributed by atoms with Crippen molar-refractivity contribution in [2.75, 3.05) is 4.90 Å². The lowest BCUT2D eigenvalue weighted by molar-refractivity contribution is -0.255. The third kappa shape index (κ3) is 2.41. The van der Waals surface area contributed by atoms with Gasteiger partial charge in [-0.15, -0.1) is 0 Å². The first-order valence-electron chi connectivity index (χ1n) is 6.92. The largest absolute Gasteiger partial charge is 0.545 e. The number of para-hydroxylation sites is 2. The lowest BCUT2D eigenvalue weighted by Crippen LogP contribution is -2.30. The molecular formula is C17H10NO6-. The zero-order chi connectivity index (χ0) is 17.4. The summed E-state index contributed by atoms with van der Waals surface area (Å²) in [4.78, 5) is 48.1. The third-order valence-corrected chi connectivity index (χ3v) is 3.48. The van der Waals surface area contributed by atoms with Gasteiger partial charge in [-0.05, 0) is 29.8 Å². The van der Waals surface area contributed by atoms with Gasteiger partial charge < -0.3 is 14.6 Å². The average molecular weight is 324 g/mol. The molecule has 1 aliphatic rings. The Hall–Kier alpha value is -3.48. The molecular weight excluding hydrogens is 314 g/mol. The normalized spacial score (nSPS) is 13.0. The van der Waals surface area contributed by atoms with Gasteiger partial charge in [0, 0.05) is 6.92 Å². The van der Waals surface area contributed by atoms with E-state index in [1.807, 2.05) is 0 Å². The Kier molecular flexibility index (Phi) is 3.61. The third-order valence-electron chi connectivity index (χ3n) is 3.48. The van der Waals surface area contributed by atoms with Gasteiger partial charge >= 0.3 is 5.97 Å². The van der Waals surface area contributed by atoms with Crippen LogP contribution in [0.15, 0.2) is 42.5 Å². The smallest absolute Gasteiger partial charge is 0.308 e. The van der Waals surface area contributed by atoms with E-state index in [9.17, 15) is 24.3 Å². The molecule has 2 aromatic carbocycles. The Morgan fingerprint density at radius 1 is 1.00 bits per heavy atom.